The lowest BCUT2D eigenvalue weighted by molar-refractivity contribution is -0.495. The predicted molar refractivity (Wildman–Crippen MR) is 178 cm³/mol. The molecule has 15 nitrogen and oxygen atoms in total. The zero-order valence-corrected chi connectivity index (χ0v) is 29.9. The first-order valence-electron chi connectivity index (χ1n) is 18.8. The Labute approximate surface area is 292 Å². The molecule has 49 heavy (non-hydrogen) atoms. The van der Waals surface area contributed by atoms with Crippen molar-refractivity contribution in [3.8, 4) is 0 Å². The van der Waals surface area contributed by atoms with Gasteiger partial charge in [-0.05, 0) is 12.8 Å². The highest BCUT2D eigenvalue weighted by atomic mass is 16.7. The van der Waals surface area contributed by atoms with Crippen LogP contribution in [0.1, 0.15) is 90.9 Å². The third-order valence-electron chi connectivity index (χ3n) is 10.0. The Bertz CT molecular complexity index is 882. The van der Waals surface area contributed by atoms with Gasteiger partial charge >= 0.3 is 0 Å². The molecular weight excluding hydrogens is 640 g/mol. The standard InChI is InChI=1S/C34H67N4O11/c1-3-5-7-9-11-13-15-44-19-23-32(45-16-14-12-10-8-6-4-2)24(38)26(40)33(47-23)48-30-20(36)17-21(37)31(29(30)43)49-34-28(42)27(41)25(39)22(18-35)46-34/h17,20-34,39-43H,3-16,18-19,35-38H2,1-2H3/q+1/p+3/t20?,21?,22?,23-,24+,25-,26-,27+,28?,29-,30-,31?,32?,33?,34-/m1/s1. The van der Waals surface area contributed by atoms with Crippen LogP contribution in [0.15, 0.2) is 0 Å². The fourth-order valence-corrected chi connectivity index (χ4v) is 6.87. The lowest BCUT2D eigenvalue weighted by Crippen LogP contribution is -2.80. The van der Waals surface area contributed by atoms with Crippen molar-refractivity contribution in [3.05, 3.63) is 6.42 Å². The summed E-state index contributed by atoms with van der Waals surface area (Å²) in [4.78, 5) is 0. The molecule has 0 bridgehead atoms. The molecule has 0 aromatic carbocycles. The van der Waals surface area contributed by atoms with Gasteiger partial charge in [0.15, 0.2) is 37.3 Å². The zero-order chi connectivity index (χ0) is 35.9. The lowest BCUT2D eigenvalue weighted by Gasteiger charge is -2.45. The number of quaternary nitrogens is 3. The minimum absolute atomic E-state index is 0.116. The van der Waals surface area contributed by atoms with E-state index in [0.29, 0.717) is 13.2 Å². The Morgan fingerprint density at radius 1 is 0.633 bits per heavy atom. The van der Waals surface area contributed by atoms with Crippen LogP contribution < -0.4 is 22.9 Å². The Balaban J connectivity index is 1.65. The van der Waals surface area contributed by atoms with E-state index in [1.54, 1.807) is 6.42 Å². The SMILES string of the molecule is CCCCCCCCOC[C@H]1OC(O[C@@H]2C(N)[CH+]C([NH3+])C(O[C@H]3OC(C[NH3+])[C@@H](O)[C@H](O)C3O)[C@@H]2O)[C@H](O)[C@H]([NH3+])C1OCCCCCCCC. The monoisotopic (exact) mass is 711 g/mol. The Morgan fingerprint density at radius 2 is 1.18 bits per heavy atom. The van der Waals surface area contributed by atoms with Crippen LogP contribution in [0.25, 0.3) is 0 Å². The quantitative estimate of drug-likeness (QED) is 0.0406. The number of nitrogens with two attached hydrogens (primary N) is 1. The number of hydrogen-bond acceptors (Lipinski definition) is 12. The predicted octanol–water partition coefficient (Wildman–Crippen LogP) is -2.86. The topological polar surface area (TPSA) is 265 Å². The first kappa shape index (κ1) is 42.7. The maximum atomic E-state index is 11.5. The van der Waals surface area contributed by atoms with Gasteiger partial charge in [0.1, 0.15) is 61.4 Å². The summed E-state index contributed by atoms with van der Waals surface area (Å²) in [6.07, 6.45) is 1.44. The molecule has 3 fully saturated rings. The van der Waals surface area contributed by atoms with Gasteiger partial charge in [-0.25, -0.2) is 0 Å². The molecule has 1 saturated carbocycles. The number of hydrogen-bond donors (Lipinski definition) is 9. The molecule has 2 aliphatic heterocycles. The van der Waals surface area contributed by atoms with Crippen molar-refractivity contribution in [2.45, 2.75) is 183 Å². The van der Waals surface area contributed by atoms with Crippen molar-refractivity contribution in [1.29, 1.82) is 0 Å². The van der Waals surface area contributed by atoms with Crippen molar-refractivity contribution in [3.63, 3.8) is 0 Å². The second kappa shape index (κ2) is 22.4. The summed E-state index contributed by atoms with van der Waals surface area (Å²) in [6, 6.07) is -2.07. The summed E-state index contributed by atoms with van der Waals surface area (Å²) in [5.41, 5.74) is 18.4. The van der Waals surface area contributed by atoms with E-state index in [-0.39, 0.29) is 13.2 Å². The Kier molecular flexibility index (Phi) is 19.5. The van der Waals surface area contributed by atoms with Gasteiger partial charge in [-0.2, -0.15) is 0 Å². The number of aliphatic hydroxyl groups is 5. The fourth-order valence-electron chi connectivity index (χ4n) is 6.87. The van der Waals surface area contributed by atoms with E-state index >= 15 is 0 Å². The zero-order valence-electron chi connectivity index (χ0n) is 29.9. The fraction of sp³-hybridized carbons (Fsp3) is 0.971. The summed E-state index contributed by atoms with van der Waals surface area (Å²) >= 11 is 0. The number of aliphatic hydroxyl groups excluding tert-OH is 5. The van der Waals surface area contributed by atoms with E-state index in [2.05, 4.69) is 31.0 Å². The van der Waals surface area contributed by atoms with Crippen LogP contribution >= 0.6 is 0 Å². The van der Waals surface area contributed by atoms with Gasteiger partial charge in [0, 0.05) is 13.2 Å². The minimum atomic E-state index is -1.59. The van der Waals surface area contributed by atoms with E-state index < -0.39 is 91.7 Å². The van der Waals surface area contributed by atoms with Gasteiger partial charge in [-0.3, -0.25) is 5.73 Å². The van der Waals surface area contributed by atoms with Gasteiger partial charge in [-0.15, -0.1) is 0 Å². The van der Waals surface area contributed by atoms with Gasteiger partial charge in [0.05, 0.1) is 6.61 Å². The summed E-state index contributed by atoms with van der Waals surface area (Å²) in [6.45, 7) is 5.82. The highest BCUT2D eigenvalue weighted by molar-refractivity contribution is 5.07. The van der Waals surface area contributed by atoms with E-state index in [0.717, 1.165) is 32.1 Å². The molecule has 0 amide bonds. The molecule has 1 aliphatic carbocycles. The van der Waals surface area contributed by atoms with Gasteiger partial charge < -0.3 is 71.2 Å². The molecule has 0 aromatic heterocycles. The second-order valence-electron chi connectivity index (χ2n) is 14.1. The van der Waals surface area contributed by atoms with Crippen LogP contribution in [-0.2, 0) is 28.4 Å². The summed E-state index contributed by atoms with van der Waals surface area (Å²) in [7, 11) is 0. The molecule has 2 heterocycles. The van der Waals surface area contributed by atoms with E-state index in [1.807, 2.05) is 0 Å². The number of ether oxygens (including phenoxy) is 6. The molecule has 3 aliphatic rings. The first-order chi connectivity index (χ1) is 23.5. The molecule has 15 heteroatoms. The highest BCUT2D eigenvalue weighted by Crippen LogP contribution is 2.31. The molecule has 7 unspecified atom stereocenters. The molecule has 16 N–H and O–H groups in total. The largest absolute Gasteiger partial charge is 0.387 e. The van der Waals surface area contributed by atoms with E-state index in [1.165, 1.54) is 44.9 Å². The highest BCUT2D eigenvalue weighted by Gasteiger charge is 2.57. The average Bonchev–Trinajstić information content (AvgIpc) is 3.08. The first-order valence-corrected chi connectivity index (χ1v) is 18.8. The van der Waals surface area contributed by atoms with E-state index in [9.17, 15) is 25.5 Å². The van der Waals surface area contributed by atoms with Gasteiger partial charge in [-0.1, -0.05) is 78.1 Å². The van der Waals surface area contributed by atoms with Crippen LogP contribution in [0.3, 0.4) is 0 Å². The van der Waals surface area contributed by atoms with Crippen molar-refractivity contribution in [2.24, 2.45) is 5.73 Å². The van der Waals surface area contributed by atoms with Crippen molar-refractivity contribution in [1.82, 2.24) is 0 Å². The summed E-state index contributed by atoms with van der Waals surface area (Å²) < 4.78 is 36.5. The van der Waals surface area contributed by atoms with Gasteiger partial charge in [0.25, 0.3) is 0 Å². The Morgan fingerprint density at radius 3 is 1.82 bits per heavy atom. The molecule has 15 atom stereocenters. The van der Waals surface area contributed by atoms with Crippen LogP contribution in [0.5, 0.6) is 0 Å². The third-order valence-corrected chi connectivity index (χ3v) is 10.0. The smallest absolute Gasteiger partial charge is 0.247 e. The van der Waals surface area contributed by atoms with Crippen LogP contribution in [0, 0.1) is 6.42 Å². The number of rotatable bonds is 22. The van der Waals surface area contributed by atoms with Crippen LogP contribution in [-0.4, -0.2) is 144 Å². The minimum Gasteiger partial charge on any atom is -0.387 e. The van der Waals surface area contributed by atoms with Crippen molar-refractivity contribution < 1.29 is 71.2 Å². The van der Waals surface area contributed by atoms with Crippen LogP contribution in [0.4, 0.5) is 0 Å². The molecule has 0 aromatic rings. The maximum Gasteiger partial charge on any atom is 0.247 e. The third kappa shape index (κ3) is 12.4. The lowest BCUT2D eigenvalue weighted by atomic mass is 9.84. The normalized spacial score (nSPS) is 39.9. The molecule has 3 rings (SSSR count). The van der Waals surface area contributed by atoms with Gasteiger partial charge in [0.2, 0.25) is 6.04 Å². The average molecular weight is 711 g/mol. The summed E-state index contributed by atoms with van der Waals surface area (Å²) in [5, 5.41) is 53.9. The Hall–Kier alpha value is -0.730. The molecule has 0 radical (unpaired) electrons. The number of unbranched alkanes of at least 4 members (excludes halogenated alkanes) is 10. The molecule has 288 valence electrons. The van der Waals surface area contributed by atoms with Crippen molar-refractivity contribution >= 4 is 0 Å². The second-order valence-corrected chi connectivity index (χ2v) is 14.1. The van der Waals surface area contributed by atoms with Crippen molar-refractivity contribution in [2.75, 3.05) is 26.4 Å². The maximum absolute atomic E-state index is 11.5. The molecular formula is C34H70N4O11+4. The molecule has 0 spiro atoms. The van der Waals surface area contributed by atoms with E-state index in [4.69, 9.17) is 34.2 Å². The van der Waals surface area contributed by atoms with Crippen LogP contribution in [0.2, 0.25) is 0 Å². The summed E-state index contributed by atoms with van der Waals surface area (Å²) in [5.74, 6) is 0. The molecule has 2 saturated heterocycles.